The molecule has 2 heteroatoms. The van der Waals surface area contributed by atoms with Crippen molar-refractivity contribution in [1.82, 2.24) is 0 Å². The van der Waals surface area contributed by atoms with E-state index in [9.17, 15) is 0 Å². The first-order valence-corrected chi connectivity index (χ1v) is 4.12. The highest BCUT2D eigenvalue weighted by Gasteiger charge is 2.03. The van der Waals surface area contributed by atoms with Crippen molar-refractivity contribution in [3.05, 3.63) is 35.4 Å². The van der Waals surface area contributed by atoms with Crippen molar-refractivity contribution < 1.29 is 4.84 Å². The van der Waals surface area contributed by atoms with Crippen LogP contribution < -0.4 is 5.90 Å². The smallest absolute Gasteiger partial charge is 0.0745 e. The monoisotopic (exact) mass is 165 g/mol. The Bertz CT molecular complexity index is 247. The maximum Gasteiger partial charge on any atom is 0.0745 e. The van der Waals surface area contributed by atoms with Crippen molar-refractivity contribution in [2.75, 3.05) is 6.61 Å². The Morgan fingerprint density at radius 3 is 2.83 bits per heavy atom. The quantitative estimate of drug-likeness (QED) is 0.695. The van der Waals surface area contributed by atoms with E-state index in [0.717, 1.165) is 0 Å². The number of hydrogen-bond donors (Lipinski definition) is 1. The molecular weight excluding hydrogens is 150 g/mol. The van der Waals surface area contributed by atoms with Crippen molar-refractivity contribution in [2.24, 2.45) is 5.90 Å². The van der Waals surface area contributed by atoms with E-state index in [-0.39, 0.29) is 0 Å². The Balaban J connectivity index is 2.73. The number of rotatable bonds is 3. The predicted octanol–water partition coefficient (Wildman–Crippen LogP) is 1.99. The van der Waals surface area contributed by atoms with Gasteiger partial charge in [-0.25, -0.2) is 5.90 Å². The highest BCUT2D eigenvalue weighted by molar-refractivity contribution is 5.24. The number of nitrogens with two attached hydrogens (primary N) is 1. The molecule has 1 atom stereocenters. The van der Waals surface area contributed by atoms with Gasteiger partial charge in [0.1, 0.15) is 0 Å². The fourth-order valence-electron chi connectivity index (χ4n) is 1.22. The molecule has 0 saturated carbocycles. The Morgan fingerprint density at radius 1 is 1.50 bits per heavy atom. The average molecular weight is 165 g/mol. The van der Waals surface area contributed by atoms with E-state index in [0.29, 0.717) is 12.5 Å². The van der Waals surface area contributed by atoms with Gasteiger partial charge in [0.05, 0.1) is 6.61 Å². The lowest BCUT2D eigenvalue weighted by atomic mass is 10.0. The maximum absolute atomic E-state index is 5.00. The van der Waals surface area contributed by atoms with E-state index in [1.54, 1.807) is 0 Å². The lowest BCUT2D eigenvalue weighted by molar-refractivity contribution is 0.126. The van der Waals surface area contributed by atoms with Crippen LogP contribution in [0.25, 0.3) is 0 Å². The Labute approximate surface area is 73.3 Å². The summed E-state index contributed by atoms with van der Waals surface area (Å²) in [6.45, 7) is 4.75. The first kappa shape index (κ1) is 9.23. The summed E-state index contributed by atoms with van der Waals surface area (Å²) in [5.41, 5.74) is 2.55. The van der Waals surface area contributed by atoms with Crippen LogP contribution in [0.5, 0.6) is 0 Å². The highest BCUT2D eigenvalue weighted by atomic mass is 16.6. The Kier molecular flexibility index (Phi) is 3.26. The van der Waals surface area contributed by atoms with Gasteiger partial charge >= 0.3 is 0 Å². The van der Waals surface area contributed by atoms with Crippen molar-refractivity contribution in [2.45, 2.75) is 19.8 Å². The molecule has 0 radical (unpaired) electrons. The van der Waals surface area contributed by atoms with Crippen LogP contribution >= 0.6 is 0 Å². The third-order valence-corrected chi connectivity index (χ3v) is 1.96. The van der Waals surface area contributed by atoms with Crippen LogP contribution in [-0.4, -0.2) is 6.61 Å². The number of benzene rings is 1. The van der Waals surface area contributed by atoms with E-state index < -0.39 is 0 Å². The molecule has 0 spiro atoms. The second-order valence-electron chi connectivity index (χ2n) is 3.15. The molecule has 12 heavy (non-hydrogen) atoms. The van der Waals surface area contributed by atoms with Gasteiger partial charge < -0.3 is 4.84 Å². The van der Waals surface area contributed by atoms with Crippen LogP contribution in [0, 0.1) is 6.92 Å². The summed E-state index contributed by atoms with van der Waals surface area (Å²) in [6.07, 6.45) is 0. The topological polar surface area (TPSA) is 35.2 Å². The zero-order valence-corrected chi connectivity index (χ0v) is 7.58. The van der Waals surface area contributed by atoms with Gasteiger partial charge in [0, 0.05) is 5.92 Å². The van der Waals surface area contributed by atoms with Gasteiger partial charge in [-0.1, -0.05) is 36.8 Å². The average Bonchev–Trinajstić information content (AvgIpc) is 2.05. The molecule has 1 unspecified atom stereocenters. The lowest BCUT2D eigenvalue weighted by Crippen LogP contribution is -2.08. The van der Waals surface area contributed by atoms with Crippen LogP contribution in [0.3, 0.4) is 0 Å². The SMILES string of the molecule is Cc1cccc(C(C)CON)c1. The first-order valence-electron chi connectivity index (χ1n) is 4.12. The highest BCUT2D eigenvalue weighted by Crippen LogP contribution is 2.15. The fraction of sp³-hybridized carbons (Fsp3) is 0.400. The van der Waals surface area contributed by atoms with Crippen molar-refractivity contribution in [1.29, 1.82) is 0 Å². The van der Waals surface area contributed by atoms with Gasteiger partial charge in [-0.05, 0) is 12.5 Å². The largest absolute Gasteiger partial charge is 0.304 e. The van der Waals surface area contributed by atoms with E-state index in [2.05, 4.69) is 43.0 Å². The van der Waals surface area contributed by atoms with Gasteiger partial charge in [-0.15, -0.1) is 0 Å². The maximum atomic E-state index is 5.00. The molecule has 1 aromatic rings. The molecule has 0 heterocycles. The standard InChI is InChI=1S/C10H15NO/c1-8-4-3-5-10(6-8)9(2)7-12-11/h3-6,9H,7,11H2,1-2H3. The van der Waals surface area contributed by atoms with Crippen LogP contribution in [0.15, 0.2) is 24.3 Å². The molecule has 0 fully saturated rings. The van der Waals surface area contributed by atoms with E-state index in [1.165, 1.54) is 11.1 Å². The van der Waals surface area contributed by atoms with E-state index >= 15 is 0 Å². The van der Waals surface area contributed by atoms with E-state index in [4.69, 9.17) is 5.90 Å². The molecular formula is C10H15NO. The van der Waals surface area contributed by atoms with Gasteiger partial charge in [-0.2, -0.15) is 0 Å². The summed E-state index contributed by atoms with van der Waals surface area (Å²) in [6, 6.07) is 8.39. The molecule has 0 aliphatic heterocycles. The molecule has 1 rings (SSSR count). The normalized spacial score (nSPS) is 12.9. The predicted molar refractivity (Wildman–Crippen MR) is 49.7 cm³/mol. The van der Waals surface area contributed by atoms with Crippen molar-refractivity contribution in [3.8, 4) is 0 Å². The number of hydrogen-bond acceptors (Lipinski definition) is 2. The lowest BCUT2D eigenvalue weighted by Gasteiger charge is -2.10. The van der Waals surface area contributed by atoms with Crippen LogP contribution in [-0.2, 0) is 4.84 Å². The van der Waals surface area contributed by atoms with Crippen LogP contribution in [0.2, 0.25) is 0 Å². The fourth-order valence-corrected chi connectivity index (χ4v) is 1.22. The summed E-state index contributed by atoms with van der Waals surface area (Å²) in [5.74, 6) is 5.38. The Morgan fingerprint density at radius 2 is 2.25 bits per heavy atom. The summed E-state index contributed by atoms with van der Waals surface area (Å²) >= 11 is 0. The summed E-state index contributed by atoms with van der Waals surface area (Å²) in [5, 5.41) is 0. The summed E-state index contributed by atoms with van der Waals surface area (Å²) in [7, 11) is 0. The second kappa shape index (κ2) is 4.24. The summed E-state index contributed by atoms with van der Waals surface area (Å²) < 4.78 is 0. The molecule has 2 nitrogen and oxygen atoms in total. The minimum absolute atomic E-state index is 0.370. The minimum atomic E-state index is 0.370. The molecule has 0 amide bonds. The van der Waals surface area contributed by atoms with Gasteiger partial charge in [0.25, 0.3) is 0 Å². The molecule has 0 saturated heterocycles. The Hall–Kier alpha value is -0.860. The molecule has 0 aromatic heterocycles. The third-order valence-electron chi connectivity index (χ3n) is 1.96. The molecule has 66 valence electrons. The molecule has 0 aliphatic rings. The van der Waals surface area contributed by atoms with Crippen molar-refractivity contribution in [3.63, 3.8) is 0 Å². The van der Waals surface area contributed by atoms with E-state index in [1.807, 2.05) is 0 Å². The number of aryl methyl sites for hydroxylation is 1. The van der Waals surface area contributed by atoms with Gasteiger partial charge in [-0.3, -0.25) is 0 Å². The zero-order valence-electron chi connectivity index (χ0n) is 7.58. The van der Waals surface area contributed by atoms with Gasteiger partial charge in [0.2, 0.25) is 0 Å². The summed E-state index contributed by atoms with van der Waals surface area (Å²) in [4.78, 5) is 4.60. The van der Waals surface area contributed by atoms with Crippen molar-refractivity contribution >= 4 is 0 Å². The third kappa shape index (κ3) is 2.32. The molecule has 0 aliphatic carbocycles. The van der Waals surface area contributed by atoms with Gasteiger partial charge in [0.15, 0.2) is 0 Å². The van der Waals surface area contributed by atoms with Crippen LogP contribution in [0.1, 0.15) is 24.0 Å². The first-order chi connectivity index (χ1) is 5.74. The zero-order chi connectivity index (χ0) is 8.97. The van der Waals surface area contributed by atoms with Crippen LogP contribution in [0.4, 0.5) is 0 Å². The molecule has 2 N–H and O–H groups in total. The second-order valence-corrected chi connectivity index (χ2v) is 3.15. The minimum Gasteiger partial charge on any atom is -0.304 e. The molecule has 1 aromatic carbocycles. The molecule has 0 bridgehead atoms.